The number of cyclic esters (lactones) is 1. The van der Waals surface area contributed by atoms with E-state index in [0.29, 0.717) is 19.1 Å². The Kier molecular flexibility index (Phi) is 11.4. The second-order valence-electron chi connectivity index (χ2n) is 9.06. The molecule has 0 saturated carbocycles. The maximum absolute atomic E-state index is 13.0. The zero-order valence-electron chi connectivity index (χ0n) is 21.5. The van der Waals surface area contributed by atoms with Gasteiger partial charge in [-0.3, -0.25) is 9.59 Å². The molecule has 2 heterocycles. The van der Waals surface area contributed by atoms with Crippen LogP contribution in [-0.2, 0) is 23.8 Å². The summed E-state index contributed by atoms with van der Waals surface area (Å²) in [5.74, 6) is -1.43. The van der Waals surface area contributed by atoms with Crippen molar-refractivity contribution in [3.8, 4) is 11.5 Å². The minimum Gasteiger partial charge on any atom is -0.493 e. The van der Waals surface area contributed by atoms with Crippen LogP contribution < -0.4 is 14.8 Å². The smallest absolute Gasteiger partial charge is 0.331 e. The number of ether oxygens (including phenoxy) is 5. The summed E-state index contributed by atoms with van der Waals surface area (Å²) >= 11 is 0. The molecule has 0 radical (unpaired) electrons. The first kappa shape index (κ1) is 28.5. The molecule has 1 amide bonds. The van der Waals surface area contributed by atoms with Crippen LogP contribution in [0.1, 0.15) is 64.4 Å². The predicted octanol–water partition coefficient (Wildman–Crippen LogP) is 2.92. The molecule has 1 fully saturated rings. The van der Waals surface area contributed by atoms with Gasteiger partial charge in [-0.1, -0.05) is 27.2 Å². The van der Waals surface area contributed by atoms with Crippen molar-refractivity contribution in [1.29, 1.82) is 0 Å². The van der Waals surface area contributed by atoms with Crippen molar-refractivity contribution in [2.75, 3.05) is 26.9 Å². The number of hydrogen-bond acceptors (Lipinski definition) is 9. The minimum atomic E-state index is -1.08. The highest BCUT2D eigenvalue weighted by atomic mass is 16.6. The molecule has 0 aromatic carbocycles. The maximum Gasteiger partial charge on any atom is 0.331 e. The van der Waals surface area contributed by atoms with Gasteiger partial charge in [0.15, 0.2) is 17.5 Å². The summed E-state index contributed by atoms with van der Waals surface area (Å²) in [7, 11) is 1.38. The number of amides is 1. The first-order valence-corrected chi connectivity index (χ1v) is 12.1. The summed E-state index contributed by atoms with van der Waals surface area (Å²) in [5, 5.41) is 2.60. The van der Waals surface area contributed by atoms with Crippen LogP contribution in [0.3, 0.4) is 0 Å². The molecular weight excluding hydrogens is 456 g/mol. The second-order valence-corrected chi connectivity index (χ2v) is 9.06. The highest BCUT2D eigenvalue weighted by molar-refractivity contribution is 5.98. The molecule has 1 aromatic rings. The Labute approximate surface area is 207 Å². The Morgan fingerprint density at radius 1 is 1.29 bits per heavy atom. The molecule has 1 aliphatic rings. The van der Waals surface area contributed by atoms with Crippen LogP contribution in [0.5, 0.6) is 11.5 Å². The van der Waals surface area contributed by atoms with Crippen LogP contribution in [0.4, 0.5) is 0 Å². The fourth-order valence-electron chi connectivity index (χ4n) is 3.86. The van der Waals surface area contributed by atoms with Gasteiger partial charge in [0.1, 0.15) is 6.10 Å². The van der Waals surface area contributed by atoms with E-state index in [1.807, 2.05) is 6.92 Å². The Morgan fingerprint density at radius 3 is 2.66 bits per heavy atom. The van der Waals surface area contributed by atoms with Gasteiger partial charge in [-0.2, -0.15) is 0 Å². The molecule has 35 heavy (non-hydrogen) atoms. The van der Waals surface area contributed by atoms with Crippen molar-refractivity contribution >= 4 is 17.8 Å². The lowest BCUT2D eigenvalue weighted by atomic mass is 9.91. The first-order valence-electron chi connectivity index (χ1n) is 12.1. The molecule has 1 aliphatic heterocycles. The van der Waals surface area contributed by atoms with E-state index >= 15 is 0 Å². The highest BCUT2D eigenvalue weighted by Gasteiger charge is 2.36. The van der Waals surface area contributed by atoms with E-state index in [4.69, 9.17) is 23.7 Å². The molecule has 10 nitrogen and oxygen atoms in total. The van der Waals surface area contributed by atoms with E-state index in [2.05, 4.69) is 24.1 Å². The van der Waals surface area contributed by atoms with Crippen LogP contribution in [0.15, 0.2) is 12.3 Å². The van der Waals surface area contributed by atoms with Crippen LogP contribution in [0.2, 0.25) is 0 Å². The Hall–Kier alpha value is -2.72. The van der Waals surface area contributed by atoms with Crippen LogP contribution in [-0.4, -0.2) is 68.0 Å². The lowest BCUT2D eigenvalue weighted by molar-refractivity contribution is -0.160. The summed E-state index contributed by atoms with van der Waals surface area (Å²) in [6.07, 6.45) is 3.19. The van der Waals surface area contributed by atoms with Crippen molar-refractivity contribution in [3.05, 3.63) is 18.0 Å². The SMILES string of the molecule is CCCO[C@@H]1[C@@H](CCC(C)C)COC[C@H](NC(=O)c2nccc(OC)c2OC(C)=O)C(=O)O[C@H]1C. The number of aromatic nitrogens is 1. The molecule has 10 heteroatoms. The Balaban J connectivity index is 2.22. The fraction of sp³-hybridized carbons (Fsp3) is 0.680. The van der Waals surface area contributed by atoms with Crippen molar-refractivity contribution in [3.63, 3.8) is 0 Å². The molecule has 1 N–H and O–H groups in total. The molecule has 0 spiro atoms. The molecule has 2 rings (SSSR count). The topological polar surface area (TPSA) is 122 Å². The van der Waals surface area contributed by atoms with Crippen molar-refractivity contribution in [2.24, 2.45) is 11.8 Å². The third-order valence-electron chi connectivity index (χ3n) is 5.61. The van der Waals surface area contributed by atoms with Crippen LogP contribution >= 0.6 is 0 Å². The van der Waals surface area contributed by atoms with Crippen molar-refractivity contribution < 1.29 is 38.1 Å². The van der Waals surface area contributed by atoms with Gasteiger partial charge in [0.05, 0.1) is 26.4 Å². The number of carbonyl (C=O) groups excluding carboxylic acids is 3. The van der Waals surface area contributed by atoms with Crippen molar-refractivity contribution in [2.45, 2.75) is 72.1 Å². The largest absolute Gasteiger partial charge is 0.493 e. The number of methoxy groups -OCH3 is 1. The van der Waals surface area contributed by atoms with Gasteiger partial charge in [0, 0.05) is 31.7 Å². The van der Waals surface area contributed by atoms with Crippen LogP contribution in [0, 0.1) is 11.8 Å². The van der Waals surface area contributed by atoms with Gasteiger partial charge in [0.25, 0.3) is 5.91 Å². The van der Waals surface area contributed by atoms with Gasteiger partial charge in [0.2, 0.25) is 5.75 Å². The molecular formula is C25H38N2O8. The van der Waals surface area contributed by atoms with E-state index in [1.165, 1.54) is 26.3 Å². The highest BCUT2D eigenvalue weighted by Crippen LogP contribution is 2.30. The van der Waals surface area contributed by atoms with Gasteiger partial charge in [-0.05, 0) is 25.7 Å². The zero-order chi connectivity index (χ0) is 26.0. The minimum absolute atomic E-state index is 0.0387. The number of rotatable bonds is 10. The van der Waals surface area contributed by atoms with E-state index in [-0.39, 0.29) is 35.8 Å². The first-order chi connectivity index (χ1) is 16.7. The average molecular weight is 495 g/mol. The molecule has 196 valence electrons. The lowest BCUT2D eigenvalue weighted by Crippen LogP contribution is -2.46. The van der Waals surface area contributed by atoms with E-state index in [9.17, 15) is 14.4 Å². The summed E-state index contributed by atoms with van der Waals surface area (Å²) in [5.41, 5.74) is -0.195. The van der Waals surface area contributed by atoms with Gasteiger partial charge in [-0.25, -0.2) is 9.78 Å². The van der Waals surface area contributed by atoms with Gasteiger partial charge >= 0.3 is 11.9 Å². The second kappa shape index (κ2) is 14.0. The maximum atomic E-state index is 13.0. The quantitative estimate of drug-likeness (QED) is 0.489. The summed E-state index contributed by atoms with van der Waals surface area (Å²) in [6.45, 7) is 10.2. The monoisotopic (exact) mass is 494 g/mol. The van der Waals surface area contributed by atoms with Gasteiger partial charge < -0.3 is 29.0 Å². The average Bonchev–Trinajstić information content (AvgIpc) is 2.85. The third-order valence-corrected chi connectivity index (χ3v) is 5.61. The zero-order valence-corrected chi connectivity index (χ0v) is 21.5. The number of carbonyl (C=O) groups is 3. The molecule has 0 aliphatic carbocycles. The molecule has 0 unspecified atom stereocenters. The number of nitrogens with one attached hydrogen (secondary N) is 1. The third kappa shape index (κ3) is 8.47. The molecule has 0 bridgehead atoms. The van der Waals surface area contributed by atoms with Gasteiger partial charge in [-0.15, -0.1) is 0 Å². The number of pyridine rings is 1. The fourth-order valence-corrected chi connectivity index (χ4v) is 3.86. The van der Waals surface area contributed by atoms with E-state index in [1.54, 1.807) is 6.92 Å². The van der Waals surface area contributed by atoms with Crippen LogP contribution in [0.25, 0.3) is 0 Å². The number of nitrogens with zero attached hydrogens (tertiary/aromatic N) is 1. The van der Waals surface area contributed by atoms with Crippen molar-refractivity contribution in [1.82, 2.24) is 10.3 Å². The molecule has 4 atom stereocenters. The summed E-state index contributed by atoms with van der Waals surface area (Å²) in [6, 6.07) is 0.376. The Bertz CT molecular complexity index is 860. The lowest BCUT2D eigenvalue weighted by Gasteiger charge is -2.31. The normalized spacial score (nSPS) is 23.0. The molecule has 1 saturated heterocycles. The van der Waals surface area contributed by atoms with E-state index in [0.717, 1.165) is 19.3 Å². The molecule has 1 aromatic heterocycles. The number of hydrogen-bond donors (Lipinski definition) is 1. The Morgan fingerprint density at radius 2 is 2.03 bits per heavy atom. The predicted molar refractivity (Wildman–Crippen MR) is 127 cm³/mol. The summed E-state index contributed by atoms with van der Waals surface area (Å²) < 4.78 is 28.0. The van der Waals surface area contributed by atoms with E-state index < -0.39 is 30.0 Å². The summed E-state index contributed by atoms with van der Waals surface area (Å²) in [4.78, 5) is 41.6. The standard InChI is InChI=1S/C25H38N2O8/c1-7-12-33-22-16(4)34-25(30)19(14-32-13-18(22)9-8-15(2)3)27-24(29)21-23(35-17(5)28)20(31-6)10-11-26-21/h10-11,15-16,18-19,22H,7-9,12-14H2,1-6H3,(H,27,29)/t16-,18-,19-,22-/m0/s1. The number of esters is 2.